The number of carbonyl (C=O) groups excluding carboxylic acids is 1. The summed E-state index contributed by atoms with van der Waals surface area (Å²) in [5.74, 6) is 0.647. The number of rotatable bonds is 4. The number of alkyl halides is 1. The predicted molar refractivity (Wildman–Crippen MR) is 39.3 cm³/mol. The molecule has 1 aliphatic rings. The molecule has 1 aliphatic heterocycles. The minimum Gasteiger partial charge on any atom is -0.360 e. The van der Waals surface area contributed by atoms with E-state index < -0.39 is 0 Å². The normalized spacial score (nSPS) is 30.2. The Labute approximate surface area is 65.5 Å². The lowest BCUT2D eigenvalue weighted by atomic mass is 10.1. The largest absolute Gasteiger partial charge is 0.360 e. The molecule has 2 atom stereocenters. The van der Waals surface area contributed by atoms with Crippen LogP contribution < -0.4 is 0 Å². The van der Waals surface area contributed by atoms with E-state index in [1.165, 1.54) is 0 Å². The second-order valence-corrected chi connectivity index (χ2v) is 2.77. The molecule has 1 fully saturated rings. The fraction of sp³-hybridized carbons (Fsp3) is 0.857. The average Bonchev–Trinajstić information content (AvgIpc) is 2.66. The number of ether oxygens (including phenoxy) is 1. The molecule has 0 saturated carbocycles. The Hall–Kier alpha value is -0.0800. The van der Waals surface area contributed by atoms with Gasteiger partial charge in [0, 0.05) is 6.42 Å². The lowest BCUT2D eigenvalue weighted by Gasteiger charge is -1.89. The molecule has 1 heterocycles. The van der Waals surface area contributed by atoms with Crippen molar-refractivity contribution in [1.82, 2.24) is 0 Å². The maximum absolute atomic E-state index is 11.0. The Morgan fingerprint density at radius 1 is 1.70 bits per heavy atom. The first kappa shape index (κ1) is 8.02. The molecule has 3 heteroatoms. The highest BCUT2D eigenvalue weighted by Crippen LogP contribution is 2.25. The van der Waals surface area contributed by atoms with Crippen molar-refractivity contribution in [2.75, 3.05) is 5.88 Å². The van der Waals surface area contributed by atoms with Crippen molar-refractivity contribution in [1.29, 1.82) is 0 Å². The quantitative estimate of drug-likeness (QED) is 0.462. The van der Waals surface area contributed by atoms with Crippen LogP contribution in [0.2, 0.25) is 0 Å². The van der Waals surface area contributed by atoms with Crippen LogP contribution in [-0.4, -0.2) is 23.9 Å². The second-order valence-electron chi connectivity index (χ2n) is 2.47. The maximum Gasteiger partial charge on any atom is 0.164 e. The van der Waals surface area contributed by atoms with Crippen LogP contribution in [0, 0.1) is 0 Å². The van der Waals surface area contributed by atoms with E-state index in [1.54, 1.807) is 0 Å². The maximum atomic E-state index is 11.0. The van der Waals surface area contributed by atoms with Crippen LogP contribution in [0.25, 0.3) is 0 Å². The van der Waals surface area contributed by atoms with Crippen LogP contribution in [-0.2, 0) is 9.53 Å². The van der Waals surface area contributed by atoms with Gasteiger partial charge in [-0.2, -0.15) is 0 Å². The van der Waals surface area contributed by atoms with Crippen LogP contribution in [0.3, 0.4) is 0 Å². The summed E-state index contributed by atoms with van der Waals surface area (Å²) in [6.45, 7) is 1.98. The van der Waals surface area contributed by atoms with E-state index >= 15 is 0 Å². The highest BCUT2D eigenvalue weighted by Gasteiger charge is 2.42. The van der Waals surface area contributed by atoms with Crippen molar-refractivity contribution in [3.8, 4) is 0 Å². The van der Waals surface area contributed by atoms with Gasteiger partial charge in [0.1, 0.15) is 12.2 Å². The molecule has 1 rings (SSSR count). The SMILES string of the molecule is CCCC(=O)C1OC1CCl. The van der Waals surface area contributed by atoms with Crippen molar-refractivity contribution in [3.05, 3.63) is 0 Å². The number of ketones is 1. The third-order valence-corrected chi connectivity index (χ3v) is 1.85. The molecule has 0 aromatic carbocycles. The van der Waals surface area contributed by atoms with Crippen LogP contribution in [0.5, 0.6) is 0 Å². The minimum atomic E-state index is -0.169. The Morgan fingerprint density at radius 2 is 2.40 bits per heavy atom. The highest BCUT2D eigenvalue weighted by molar-refractivity contribution is 6.18. The molecule has 0 spiro atoms. The third kappa shape index (κ3) is 1.70. The zero-order valence-corrected chi connectivity index (χ0v) is 6.73. The summed E-state index contributed by atoms with van der Waals surface area (Å²) in [5.41, 5.74) is 0. The molecule has 0 bridgehead atoms. The van der Waals surface area contributed by atoms with Gasteiger partial charge in [-0.1, -0.05) is 6.92 Å². The van der Waals surface area contributed by atoms with Crippen molar-refractivity contribution in [3.63, 3.8) is 0 Å². The molecule has 2 unspecified atom stereocenters. The number of hydrogen-bond acceptors (Lipinski definition) is 2. The van der Waals surface area contributed by atoms with Gasteiger partial charge in [0.25, 0.3) is 0 Å². The monoisotopic (exact) mass is 162 g/mol. The van der Waals surface area contributed by atoms with Gasteiger partial charge in [-0.15, -0.1) is 11.6 Å². The Kier molecular flexibility index (Phi) is 2.69. The molecule has 0 radical (unpaired) electrons. The number of epoxide rings is 1. The number of carbonyl (C=O) groups is 1. The topological polar surface area (TPSA) is 29.6 Å². The van der Waals surface area contributed by atoms with Gasteiger partial charge in [0.2, 0.25) is 0 Å². The Bertz CT molecular complexity index is 136. The summed E-state index contributed by atoms with van der Waals surface area (Å²) in [5, 5.41) is 0. The van der Waals surface area contributed by atoms with Crippen molar-refractivity contribution < 1.29 is 9.53 Å². The summed E-state index contributed by atoms with van der Waals surface area (Å²) in [7, 11) is 0. The first-order chi connectivity index (χ1) is 4.79. The number of hydrogen-bond donors (Lipinski definition) is 0. The van der Waals surface area contributed by atoms with E-state index in [1.807, 2.05) is 6.92 Å². The molecule has 0 amide bonds. The first-order valence-corrected chi connectivity index (χ1v) is 4.07. The van der Waals surface area contributed by atoms with Crippen molar-refractivity contribution in [2.45, 2.75) is 32.0 Å². The summed E-state index contributed by atoms with van der Waals surface area (Å²) in [4.78, 5) is 11.0. The average molecular weight is 163 g/mol. The minimum absolute atomic E-state index is 0.0146. The van der Waals surface area contributed by atoms with E-state index in [0.717, 1.165) is 6.42 Å². The highest BCUT2D eigenvalue weighted by atomic mass is 35.5. The molecule has 0 aliphatic carbocycles. The predicted octanol–water partition coefficient (Wildman–Crippen LogP) is 1.36. The molecule has 0 aromatic rings. The van der Waals surface area contributed by atoms with Crippen LogP contribution in [0.1, 0.15) is 19.8 Å². The third-order valence-electron chi connectivity index (χ3n) is 1.55. The van der Waals surface area contributed by atoms with Gasteiger partial charge in [0.15, 0.2) is 5.78 Å². The molecule has 0 aromatic heterocycles. The fourth-order valence-electron chi connectivity index (χ4n) is 0.932. The van der Waals surface area contributed by atoms with Gasteiger partial charge in [0.05, 0.1) is 5.88 Å². The van der Waals surface area contributed by atoms with Crippen molar-refractivity contribution >= 4 is 17.4 Å². The molecular formula is C7H11ClO2. The van der Waals surface area contributed by atoms with Crippen LogP contribution in [0.4, 0.5) is 0 Å². The molecular weight excluding hydrogens is 152 g/mol. The summed E-state index contributed by atoms with van der Waals surface area (Å²) < 4.78 is 5.00. The fourth-order valence-corrected chi connectivity index (χ4v) is 1.17. The van der Waals surface area contributed by atoms with Gasteiger partial charge < -0.3 is 4.74 Å². The van der Waals surface area contributed by atoms with Crippen LogP contribution in [0.15, 0.2) is 0 Å². The van der Waals surface area contributed by atoms with E-state index in [4.69, 9.17) is 16.3 Å². The van der Waals surface area contributed by atoms with E-state index in [-0.39, 0.29) is 18.0 Å². The second kappa shape index (κ2) is 3.35. The standard InChI is InChI=1S/C7H11ClO2/c1-2-3-5(9)7-6(4-8)10-7/h6-7H,2-4H2,1H3. The Balaban J connectivity index is 2.19. The van der Waals surface area contributed by atoms with E-state index in [9.17, 15) is 4.79 Å². The Morgan fingerprint density at radius 3 is 2.80 bits per heavy atom. The number of halogens is 1. The van der Waals surface area contributed by atoms with Gasteiger partial charge in [-0.3, -0.25) is 4.79 Å². The molecule has 10 heavy (non-hydrogen) atoms. The summed E-state index contributed by atoms with van der Waals surface area (Å²) in [6.07, 6.45) is 1.37. The van der Waals surface area contributed by atoms with Crippen molar-refractivity contribution in [2.24, 2.45) is 0 Å². The van der Waals surface area contributed by atoms with Gasteiger partial charge in [-0.05, 0) is 6.42 Å². The van der Waals surface area contributed by atoms with Crippen LogP contribution >= 0.6 is 11.6 Å². The lowest BCUT2D eigenvalue weighted by Crippen LogP contribution is -2.09. The van der Waals surface area contributed by atoms with Gasteiger partial charge >= 0.3 is 0 Å². The molecule has 0 N–H and O–H groups in total. The first-order valence-electron chi connectivity index (χ1n) is 3.53. The lowest BCUT2D eigenvalue weighted by molar-refractivity contribution is -0.120. The summed E-state index contributed by atoms with van der Waals surface area (Å²) in [6, 6.07) is 0. The number of Topliss-reactive ketones (excluding diaryl/α,β-unsaturated/α-hetero) is 1. The molecule has 2 nitrogen and oxygen atoms in total. The molecule has 58 valence electrons. The van der Waals surface area contributed by atoms with E-state index in [2.05, 4.69) is 0 Å². The van der Waals surface area contributed by atoms with Gasteiger partial charge in [-0.25, -0.2) is 0 Å². The zero-order chi connectivity index (χ0) is 7.56. The summed E-state index contributed by atoms with van der Waals surface area (Å²) >= 11 is 5.46. The smallest absolute Gasteiger partial charge is 0.164 e. The zero-order valence-electron chi connectivity index (χ0n) is 5.97. The van der Waals surface area contributed by atoms with E-state index in [0.29, 0.717) is 12.3 Å². The molecule has 1 saturated heterocycles.